The Morgan fingerprint density at radius 3 is 2.78 bits per heavy atom. The molecule has 7 heteroatoms. The molecule has 1 amide bonds. The Bertz CT molecular complexity index is 785. The molecule has 0 saturated heterocycles. The maximum atomic E-state index is 14.1. The number of carboxylic acid groups (broad SMARTS) is 1. The van der Waals surface area contributed by atoms with Crippen molar-refractivity contribution in [3.63, 3.8) is 0 Å². The van der Waals surface area contributed by atoms with Gasteiger partial charge in [-0.3, -0.25) is 9.59 Å². The first kappa shape index (κ1) is 15.2. The normalized spacial score (nSPS) is 13.0. The first-order valence-electron chi connectivity index (χ1n) is 7.32. The second-order valence-electron chi connectivity index (χ2n) is 5.55. The van der Waals surface area contributed by atoms with Crippen molar-refractivity contribution in [3.05, 3.63) is 47.0 Å². The lowest BCUT2D eigenvalue weighted by Crippen LogP contribution is -2.32. The van der Waals surface area contributed by atoms with Crippen LogP contribution in [0.2, 0.25) is 0 Å². The van der Waals surface area contributed by atoms with Crippen LogP contribution in [0.4, 0.5) is 4.39 Å². The summed E-state index contributed by atoms with van der Waals surface area (Å²) in [6.45, 7) is -0.403. The highest BCUT2D eigenvalue weighted by Gasteiger charge is 2.29. The van der Waals surface area contributed by atoms with E-state index >= 15 is 0 Å². The van der Waals surface area contributed by atoms with E-state index in [2.05, 4.69) is 5.10 Å². The molecule has 3 rings (SSSR count). The molecule has 0 aliphatic heterocycles. The average molecular weight is 317 g/mol. The fraction of sp³-hybridized carbons (Fsp3) is 0.312. The smallest absolute Gasteiger partial charge is 0.323 e. The number of aromatic nitrogens is 2. The molecule has 0 unspecified atom stereocenters. The molecule has 0 fully saturated rings. The van der Waals surface area contributed by atoms with Gasteiger partial charge < -0.3 is 10.0 Å². The predicted octanol–water partition coefficient (Wildman–Crippen LogP) is 1.66. The van der Waals surface area contributed by atoms with Crippen LogP contribution in [-0.2, 0) is 17.6 Å². The van der Waals surface area contributed by atoms with Crippen molar-refractivity contribution in [2.75, 3.05) is 13.6 Å². The number of hydrogen-bond acceptors (Lipinski definition) is 3. The molecule has 1 aliphatic carbocycles. The number of amides is 1. The van der Waals surface area contributed by atoms with Gasteiger partial charge in [0, 0.05) is 18.3 Å². The molecular formula is C16H16FN3O3. The van der Waals surface area contributed by atoms with Gasteiger partial charge in [0.05, 0.1) is 0 Å². The standard InChI is InChI=1S/C16H16FN3O3/c1-19(9-14(21)22)16(23)15-10-5-4-8-12(10)20(18-15)13-7-3-2-6-11(13)17/h2-3,6-7H,4-5,8-9H2,1H3,(H,21,22). The van der Waals surface area contributed by atoms with Crippen molar-refractivity contribution in [1.82, 2.24) is 14.7 Å². The molecule has 0 bridgehead atoms. The van der Waals surface area contributed by atoms with Crippen molar-refractivity contribution >= 4 is 11.9 Å². The Labute approximate surface area is 132 Å². The summed E-state index contributed by atoms with van der Waals surface area (Å²) in [5.41, 5.74) is 2.12. The van der Waals surface area contributed by atoms with Crippen molar-refractivity contribution in [1.29, 1.82) is 0 Å². The number of aliphatic carboxylic acids is 1. The summed E-state index contributed by atoms with van der Waals surface area (Å²) in [5.74, 6) is -1.96. The first-order chi connectivity index (χ1) is 11.0. The van der Waals surface area contributed by atoms with Crippen LogP contribution < -0.4 is 0 Å². The van der Waals surface area contributed by atoms with Gasteiger partial charge in [-0.15, -0.1) is 0 Å². The highest BCUT2D eigenvalue weighted by atomic mass is 19.1. The minimum absolute atomic E-state index is 0.213. The molecule has 1 heterocycles. The Morgan fingerprint density at radius 2 is 2.09 bits per heavy atom. The first-order valence-corrected chi connectivity index (χ1v) is 7.32. The minimum atomic E-state index is -1.09. The van der Waals surface area contributed by atoms with Crippen LogP contribution in [0.15, 0.2) is 24.3 Å². The molecule has 0 radical (unpaired) electrons. The maximum absolute atomic E-state index is 14.1. The number of rotatable bonds is 4. The molecule has 1 aliphatic rings. The number of hydrogen-bond donors (Lipinski definition) is 1. The molecule has 1 aromatic heterocycles. The van der Waals surface area contributed by atoms with Crippen LogP contribution in [-0.4, -0.2) is 45.3 Å². The van der Waals surface area contributed by atoms with E-state index in [9.17, 15) is 14.0 Å². The van der Waals surface area contributed by atoms with E-state index in [0.29, 0.717) is 18.5 Å². The molecule has 0 atom stereocenters. The van der Waals surface area contributed by atoms with Crippen molar-refractivity contribution in [3.8, 4) is 5.69 Å². The lowest BCUT2D eigenvalue weighted by molar-refractivity contribution is -0.137. The third kappa shape index (κ3) is 2.69. The minimum Gasteiger partial charge on any atom is -0.480 e. The predicted molar refractivity (Wildman–Crippen MR) is 80.1 cm³/mol. The van der Waals surface area contributed by atoms with Gasteiger partial charge in [0.1, 0.15) is 18.0 Å². The Hall–Kier alpha value is -2.70. The zero-order valence-corrected chi connectivity index (χ0v) is 12.6. The average Bonchev–Trinajstić information content (AvgIpc) is 3.08. The number of benzene rings is 1. The maximum Gasteiger partial charge on any atom is 0.323 e. The number of halogens is 1. The molecule has 0 saturated carbocycles. The molecule has 6 nitrogen and oxygen atoms in total. The van der Waals surface area contributed by atoms with Gasteiger partial charge >= 0.3 is 5.97 Å². The molecule has 2 aromatic rings. The number of para-hydroxylation sites is 1. The van der Waals surface area contributed by atoms with Crippen LogP contribution in [0.3, 0.4) is 0 Å². The van der Waals surface area contributed by atoms with Gasteiger partial charge in [-0.2, -0.15) is 5.10 Å². The second-order valence-corrected chi connectivity index (χ2v) is 5.55. The van der Waals surface area contributed by atoms with Gasteiger partial charge in [-0.25, -0.2) is 9.07 Å². The summed E-state index contributed by atoms with van der Waals surface area (Å²) in [7, 11) is 1.42. The van der Waals surface area contributed by atoms with Gasteiger partial charge in [0.2, 0.25) is 0 Å². The number of carbonyl (C=O) groups excluding carboxylic acids is 1. The topological polar surface area (TPSA) is 75.4 Å². The van der Waals surface area contributed by atoms with E-state index in [4.69, 9.17) is 5.11 Å². The molecule has 120 valence electrons. The van der Waals surface area contributed by atoms with E-state index < -0.39 is 24.2 Å². The summed E-state index contributed by atoms with van der Waals surface area (Å²) in [6.07, 6.45) is 2.27. The van der Waals surface area contributed by atoms with Gasteiger partial charge in [-0.1, -0.05) is 12.1 Å². The van der Waals surface area contributed by atoms with Crippen LogP contribution in [0.25, 0.3) is 5.69 Å². The van der Waals surface area contributed by atoms with E-state index in [1.807, 2.05) is 0 Å². The van der Waals surface area contributed by atoms with Crippen molar-refractivity contribution < 1.29 is 19.1 Å². The number of carboxylic acids is 1. The van der Waals surface area contributed by atoms with Crippen LogP contribution in [0.5, 0.6) is 0 Å². The molecular weight excluding hydrogens is 301 g/mol. The van der Waals surface area contributed by atoms with Gasteiger partial charge in [0.25, 0.3) is 5.91 Å². The fourth-order valence-corrected chi connectivity index (χ4v) is 2.89. The summed E-state index contributed by atoms with van der Waals surface area (Å²) in [5, 5.41) is 13.1. The third-order valence-electron chi connectivity index (χ3n) is 3.93. The lowest BCUT2D eigenvalue weighted by atomic mass is 10.2. The monoisotopic (exact) mass is 317 g/mol. The molecule has 23 heavy (non-hydrogen) atoms. The van der Waals surface area contributed by atoms with E-state index in [1.54, 1.807) is 18.2 Å². The lowest BCUT2D eigenvalue weighted by Gasteiger charge is -2.13. The summed E-state index contributed by atoms with van der Waals surface area (Å²) >= 11 is 0. The number of likely N-dealkylation sites (N-methyl/N-ethyl adjacent to an activating group) is 1. The van der Waals surface area contributed by atoms with Crippen molar-refractivity contribution in [2.24, 2.45) is 0 Å². The summed E-state index contributed by atoms with van der Waals surface area (Å²) in [6, 6.07) is 6.25. The largest absolute Gasteiger partial charge is 0.480 e. The highest BCUT2D eigenvalue weighted by Crippen LogP contribution is 2.29. The van der Waals surface area contributed by atoms with E-state index in [1.165, 1.54) is 17.8 Å². The summed E-state index contributed by atoms with van der Waals surface area (Å²) in [4.78, 5) is 24.4. The Balaban J connectivity index is 2.04. The SMILES string of the molecule is CN(CC(=O)O)C(=O)c1nn(-c2ccccc2F)c2c1CCC2. The Morgan fingerprint density at radius 1 is 1.35 bits per heavy atom. The number of carbonyl (C=O) groups is 2. The van der Waals surface area contributed by atoms with Crippen LogP contribution >= 0.6 is 0 Å². The quantitative estimate of drug-likeness (QED) is 0.930. The van der Waals surface area contributed by atoms with Gasteiger partial charge in [-0.05, 0) is 31.4 Å². The number of fused-ring (bicyclic) bond motifs is 1. The van der Waals surface area contributed by atoms with Gasteiger partial charge in [0.15, 0.2) is 5.69 Å². The summed E-state index contributed by atoms with van der Waals surface area (Å²) < 4.78 is 15.5. The third-order valence-corrected chi connectivity index (χ3v) is 3.93. The van der Waals surface area contributed by atoms with Crippen molar-refractivity contribution in [2.45, 2.75) is 19.3 Å². The van der Waals surface area contributed by atoms with E-state index in [0.717, 1.165) is 22.6 Å². The van der Waals surface area contributed by atoms with Crippen LogP contribution in [0, 0.1) is 5.82 Å². The highest BCUT2D eigenvalue weighted by molar-refractivity contribution is 5.95. The molecule has 1 aromatic carbocycles. The van der Waals surface area contributed by atoms with E-state index in [-0.39, 0.29) is 5.69 Å². The second kappa shape index (κ2) is 5.83. The van der Waals surface area contributed by atoms with Crippen LogP contribution in [0.1, 0.15) is 28.2 Å². The fourth-order valence-electron chi connectivity index (χ4n) is 2.89. The Kier molecular flexibility index (Phi) is 3.85. The zero-order valence-electron chi connectivity index (χ0n) is 12.6. The molecule has 0 spiro atoms. The molecule has 1 N–H and O–H groups in total. The zero-order chi connectivity index (χ0) is 16.6. The number of nitrogens with zero attached hydrogens (tertiary/aromatic N) is 3.